The summed E-state index contributed by atoms with van der Waals surface area (Å²) in [5.74, 6) is 1.77. The average molecular weight is 402 g/mol. The van der Waals surface area contributed by atoms with Gasteiger partial charge < -0.3 is 20.1 Å². The van der Waals surface area contributed by atoms with Gasteiger partial charge in [-0.1, -0.05) is 24.3 Å². The van der Waals surface area contributed by atoms with Crippen molar-refractivity contribution in [3.63, 3.8) is 0 Å². The highest BCUT2D eigenvalue weighted by molar-refractivity contribution is 7.89. The molecule has 9 heteroatoms. The number of hydrogen-bond donors (Lipinski definition) is 2. The van der Waals surface area contributed by atoms with Crippen LogP contribution in [0.3, 0.4) is 0 Å². The van der Waals surface area contributed by atoms with Crippen molar-refractivity contribution in [2.75, 3.05) is 30.6 Å². The molecule has 0 saturated heterocycles. The zero-order valence-corrected chi connectivity index (χ0v) is 16.7. The van der Waals surface area contributed by atoms with Crippen LogP contribution in [0.1, 0.15) is 6.92 Å². The molecule has 0 fully saturated rings. The number of anilines is 4. The second-order valence-electron chi connectivity index (χ2n) is 5.81. The predicted molar refractivity (Wildman–Crippen MR) is 110 cm³/mol. The third-order valence-corrected chi connectivity index (χ3v) is 5.58. The van der Waals surface area contributed by atoms with Gasteiger partial charge in [-0.05, 0) is 31.2 Å². The third kappa shape index (κ3) is 4.04. The Hall–Kier alpha value is -3.20. The molecule has 1 heterocycles. The lowest BCUT2D eigenvalue weighted by molar-refractivity contribution is 0.416. The quantitative estimate of drug-likeness (QED) is 0.595. The minimum Gasteiger partial charge on any atom is -0.495 e. The summed E-state index contributed by atoms with van der Waals surface area (Å²) in [6.45, 7) is 1.57. The van der Waals surface area contributed by atoms with Gasteiger partial charge in [-0.3, -0.25) is 0 Å². The molecule has 0 radical (unpaired) electrons. The van der Waals surface area contributed by atoms with Gasteiger partial charge in [0.15, 0.2) is 5.82 Å². The lowest BCUT2D eigenvalue weighted by Gasteiger charge is -2.12. The molecule has 3 rings (SSSR count). The van der Waals surface area contributed by atoms with Crippen LogP contribution in [0.5, 0.6) is 11.5 Å². The Morgan fingerprint density at radius 2 is 1.46 bits per heavy atom. The first kappa shape index (κ1) is 19.6. The van der Waals surface area contributed by atoms with E-state index in [1.165, 1.54) is 0 Å². The van der Waals surface area contributed by atoms with Crippen molar-refractivity contribution in [1.82, 2.24) is 9.19 Å². The Labute approximate surface area is 164 Å². The number of ether oxygens (including phenoxy) is 2. The van der Waals surface area contributed by atoms with Crippen molar-refractivity contribution >= 4 is 33.0 Å². The van der Waals surface area contributed by atoms with Gasteiger partial charge >= 0.3 is 0 Å². The largest absolute Gasteiger partial charge is 0.495 e. The number of methoxy groups -OCH3 is 2. The molecular formula is C19H22N4O4S. The number of nitrogens with one attached hydrogen (secondary N) is 2. The molecule has 3 aromatic rings. The van der Waals surface area contributed by atoms with Gasteiger partial charge in [0, 0.05) is 6.07 Å². The van der Waals surface area contributed by atoms with Crippen LogP contribution in [0, 0.1) is 0 Å². The van der Waals surface area contributed by atoms with E-state index < -0.39 is 10.0 Å². The van der Waals surface area contributed by atoms with Crippen LogP contribution in [0.2, 0.25) is 0 Å². The second-order valence-corrected chi connectivity index (χ2v) is 7.90. The molecule has 0 aliphatic heterocycles. The summed E-state index contributed by atoms with van der Waals surface area (Å²) in [5.41, 5.74) is 1.30. The van der Waals surface area contributed by atoms with Crippen molar-refractivity contribution in [1.29, 1.82) is 0 Å². The fraction of sp³-hybridized carbons (Fsp3) is 0.211. The van der Waals surface area contributed by atoms with Crippen molar-refractivity contribution in [3.05, 3.63) is 54.6 Å². The van der Waals surface area contributed by atoms with Crippen molar-refractivity contribution in [2.45, 2.75) is 6.92 Å². The standard InChI is InChI=1S/C19H22N4O4S/c1-4-28(24,25)23-19(21-15-10-6-8-12-17(15)27-3)13-18(22-23)20-14-9-5-7-11-16(14)26-2/h5-13,21H,4H2,1-3H3,(H,20,22). The first-order valence-corrected chi connectivity index (χ1v) is 10.2. The van der Waals surface area contributed by atoms with E-state index in [1.807, 2.05) is 30.3 Å². The van der Waals surface area contributed by atoms with E-state index in [1.54, 1.807) is 45.4 Å². The van der Waals surface area contributed by atoms with Gasteiger partial charge in [-0.15, -0.1) is 9.19 Å². The van der Waals surface area contributed by atoms with Crippen LogP contribution in [-0.2, 0) is 10.0 Å². The maximum absolute atomic E-state index is 12.5. The highest BCUT2D eigenvalue weighted by atomic mass is 32.2. The van der Waals surface area contributed by atoms with E-state index >= 15 is 0 Å². The molecule has 0 unspecified atom stereocenters. The van der Waals surface area contributed by atoms with Crippen LogP contribution < -0.4 is 20.1 Å². The van der Waals surface area contributed by atoms with Crippen LogP contribution in [-0.4, -0.2) is 37.6 Å². The maximum atomic E-state index is 12.5. The summed E-state index contributed by atoms with van der Waals surface area (Å²) in [6.07, 6.45) is 0. The molecule has 28 heavy (non-hydrogen) atoms. The molecule has 0 bridgehead atoms. The maximum Gasteiger partial charge on any atom is 0.255 e. The first-order chi connectivity index (χ1) is 13.5. The Kier molecular flexibility index (Phi) is 5.74. The SMILES string of the molecule is CCS(=O)(=O)n1nc(Nc2ccccc2OC)cc1Nc1ccccc1OC. The lowest BCUT2D eigenvalue weighted by atomic mass is 10.3. The summed E-state index contributed by atoms with van der Waals surface area (Å²) in [5, 5.41) is 10.4. The molecule has 2 aromatic carbocycles. The number of nitrogens with zero attached hydrogens (tertiary/aromatic N) is 2. The third-order valence-electron chi connectivity index (χ3n) is 4.05. The van der Waals surface area contributed by atoms with Crippen molar-refractivity contribution in [2.24, 2.45) is 0 Å². The molecular weight excluding hydrogens is 380 g/mol. The van der Waals surface area contributed by atoms with Gasteiger partial charge in [0.1, 0.15) is 17.3 Å². The summed E-state index contributed by atoms with van der Waals surface area (Å²) in [6, 6.07) is 16.2. The van der Waals surface area contributed by atoms with Gasteiger partial charge in [0.25, 0.3) is 10.0 Å². The summed E-state index contributed by atoms with van der Waals surface area (Å²) >= 11 is 0. The Morgan fingerprint density at radius 3 is 2.00 bits per heavy atom. The lowest BCUT2D eigenvalue weighted by Crippen LogP contribution is -2.18. The molecule has 0 atom stereocenters. The van der Waals surface area contributed by atoms with Crippen LogP contribution in [0.25, 0.3) is 0 Å². The monoisotopic (exact) mass is 402 g/mol. The van der Waals surface area contributed by atoms with Gasteiger partial charge in [-0.25, -0.2) is 8.42 Å². The average Bonchev–Trinajstić information content (AvgIpc) is 3.12. The minimum atomic E-state index is -3.62. The number of para-hydroxylation sites is 4. The predicted octanol–water partition coefficient (Wildman–Crippen LogP) is 3.59. The van der Waals surface area contributed by atoms with E-state index in [-0.39, 0.29) is 5.75 Å². The van der Waals surface area contributed by atoms with E-state index in [4.69, 9.17) is 9.47 Å². The highest BCUT2D eigenvalue weighted by Crippen LogP contribution is 2.31. The molecule has 0 aliphatic carbocycles. The van der Waals surface area contributed by atoms with Crippen LogP contribution in [0.4, 0.5) is 23.0 Å². The van der Waals surface area contributed by atoms with Gasteiger partial charge in [-0.2, -0.15) is 0 Å². The molecule has 0 saturated carbocycles. The zero-order valence-electron chi connectivity index (χ0n) is 15.8. The fourth-order valence-electron chi connectivity index (χ4n) is 2.62. The Balaban J connectivity index is 2.01. The molecule has 1 aromatic heterocycles. The van der Waals surface area contributed by atoms with E-state index in [2.05, 4.69) is 15.7 Å². The summed E-state index contributed by atoms with van der Waals surface area (Å²) in [4.78, 5) is 0. The number of hydrogen-bond acceptors (Lipinski definition) is 7. The van der Waals surface area contributed by atoms with Crippen molar-refractivity contribution < 1.29 is 17.9 Å². The summed E-state index contributed by atoms with van der Waals surface area (Å²) < 4.78 is 36.7. The fourth-order valence-corrected chi connectivity index (χ4v) is 3.47. The normalized spacial score (nSPS) is 11.1. The number of rotatable bonds is 8. The Morgan fingerprint density at radius 1 is 0.929 bits per heavy atom. The number of benzene rings is 2. The molecule has 0 aliphatic rings. The topological polar surface area (TPSA) is 94.5 Å². The first-order valence-electron chi connectivity index (χ1n) is 8.62. The molecule has 0 amide bonds. The van der Waals surface area contributed by atoms with Crippen molar-refractivity contribution in [3.8, 4) is 11.5 Å². The minimum absolute atomic E-state index is 0.0939. The summed E-state index contributed by atoms with van der Waals surface area (Å²) in [7, 11) is -0.509. The van der Waals surface area contributed by atoms with E-state index in [0.717, 1.165) is 4.09 Å². The van der Waals surface area contributed by atoms with E-state index in [9.17, 15) is 8.42 Å². The van der Waals surface area contributed by atoms with Crippen LogP contribution in [0.15, 0.2) is 54.6 Å². The molecule has 148 valence electrons. The molecule has 8 nitrogen and oxygen atoms in total. The zero-order chi connectivity index (χ0) is 20.1. The molecule has 2 N–H and O–H groups in total. The second kappa shape index (κ2) is 8.22. The molecule has 0 spiro atoms. The van der Waals surface area contributed by atoms with Crippen LogP contribution >= 0.6 is 0 Å². The van der Waals surface area contributed by atoms with Gasteiger partial charge in [0.2, 0.25) is 0 Å². The van der Waals surface area contributed by atoms with E-state index in [0.29, 0.717) is 34.5 Å². The number of aromatic nitrogens is 2. The Bertz CT molecular complexity index is 1060. The highest BCUT2D eigenvalue weighted by Gasteiger charge is 2.20. The smallest absolute Gasteiger partial charge is 0.255 e. The van der Waals surface area contributed by atoms with Gasteiger partial charge in [0.05, 0.1) is 31.3 Å².